The summed E-state index contributed by atoms with van der Waals surface area (Å²) in [5.74, 6) is 0.904. The summed E-state index contributed by atoms with van der Waals surface area (Å²) in [4.78, 5) is 0. The Morgan fingerprint density at radius 3 is 2.59 bits per heavy atom. The van der Waals surface area contributed by atoms with Gasteiger partial charge in [-0.1, -0.05) is 29.4 Å². The third-order valence-electron chi connectivity index (χ3n) is 2.57. The number of rotatable bonds is 3. The van der Waals surface area contributed by atoms with Crippen molar-refractivity contribution in [2.75, 3.05) is 6.61 Å². The van der Waals surface area contributed by atoms with Crippen LogP contribution in [0.25, 0.3) is 10.8 Å². The number of nitrogens with zero attached hydrogens (tertiary/aromatic N) is 1. The highest BCUT2D eigenvalue weighted by Crippen LogP contribution is 2.28. The summed E-state index contributed by atoms with van der Waals surface area (Å²) in [5.41, 5.74) is 6.34. The Bertz CT molecular complexity index is 564. The molecule has 0 unspecified atom stereocenters. The van der Waals surface area contributed by atoms with Gasteiger partial charge in [-0.15, -0.1) is 0 Å². The molecule has 4 heteroatoms. The van der Waals surface area contributed by atoms with E-state index >= 15 is 0 Å². The van der Waals surface area contributed by atoms with E-state index in [-0.39, 0.29) is 5.84 Å². The quantitative estimate of drug-likeness (QED) is 0.368. The van der Waals surface area contributed by atoms with Gasteiger partial charge in [0.05, 0.1) is 6.61 Å². The molecule has 2 aromatic carbocycles. The Morgan fingerprint density at radius 2 is 1.94 bits per heavy atom. The maximum absolute atomic E-state index is 8.75. The number of hydrogen-bond acceptors (Lipinski definition) is 3. The summed E-state index contributed by atoms with van der Waals surface area (Å²) in [6, 6.07) is 11.3. The second kappa shape index (κ2) is 4.74. The molecule has 17 heavy (non-hydrogen) atoms. The topological polar surface area (TPSA) is 67.8 Å². The minimum Gasteiger partial charge on any atom is -0.493 e. The molecule has 2 rings (SSSR count). The first kappa shape index (κ1) is 11.3. The van der Waals surface area contributed by atoms with Gasteiger partial charge in [0.15, 0.2) is 5.84 Å². The largest absolute Gasteiger partial charge is 0.493 e. The first-order chi connectivity index (χ1) is 8.27. The zero-order valence-electron chi connectivity index (χ0n) is 9.55. The highest BCUT2D eigenvalue weighted by atomic mass is 16.5. The lowest BCUT2D eigenvalue weighted by Crippen LogP contribution is -2.13. The van der Waals surface area contributed by atoms with Gasteiger partial charge in [-0.25, -0.2) is 0 Å². The highest BCUT2D eigenvalue weighted by molar-refractivity contribution is 6.10. The molecule has 0 atom stereocenters. The van der Waals surface area contributed by atoms with Crippen molar-refractivity contribution < 1.29 is 9.94 Å². The summed E-state index contributed by atoms with van der Waals surface area (Å²) in [6.07, 6.45) is 0. The van der Waals surface area contributed by atoms with Crippen LogP contribution >= 0.6 is 0 Å². The van der Waals surface area contributed by atoms with Gasteiger partial charge in [0.2, 0.25) is 0 Å². The fraction of sp³-hybridized carbons (Fsp3) is 0.154. The molecule has 0 radical (unpaired) electrons. The minimum absolute atomic E-state index is 0.101. The molecule has 0 heterocycles. The molecule has 2 aromatic rings. The molecule has 0 saturated heterocycles. The predicted molar refractivity (Wildman–Crippen MR) is 67.6 cm³/mol. The minimum atomic E-state index is 0.101. The Hall–Kier alpha value is -2.23. The molecule has 4 nitrogen and oxygen atoms in total. The van der Waals surface area contributed by atoms with E-state index in [1.165, 1.54) is 0 Å². The fourth-order valence-corrected chi connectivity index (χ4v) is 1.83. The Labute approximate surface area is 99.3 Å². The number of nitrogens with two attached hydrogens (primary N) is 1. The number of benzene rings is 2. The standard InChI is InChI=1S/C13H14N2O2/c1-2-17-12-8-7-11(13(14)15-16)9-5-3-4-6-10(9)12/h3-8,16H,2H2,1H3,(H2,14,15). The lowest BCUT2D eigenvalue weighted by atomic mass is 10.0. The molecule has 0 aliphatic heterocycles. The van der Waals surface area contributed by atoms with E-state index in [9.17, 15) is 0 Å². The van der Waals surface area contributed by atoms with E-state index in [0.717, 1.165) is 16.5 Å². The average molecular weight is 230 g/mol. The van der Waals surface area contributed by atoms with Crippen molar-refractivity contribution >= 4 is 16.6 Å². The average Bonchev–Trinajstić information content (AvgIpc) is 2.38. The molecule has 3 N–H and O–H groups in total. The van der Waals surface area contributed by atoms with Crippen molar-refractivity contribution in [3.63, 3.8) is 0 Å². The van der Waals surface area contributed by atoms with Crippen molar-refractivity contribution in [1.29, 1.82) is 0 Å². The van der Waals surface area contributed by atoms with Gasteiger partial charge in [0.25, 0.3) is 0 Å². The predicted octanol–water partition coefficient (Wildman–Crippen LogP) is 2.33. The molecule has 0 amide bonds. The van der Waals surface area contributed by atoms with Crippen LogP contribution in [0.3, 0.4) is 0 Å². The van der Waals surface area contributed by atoms with Crippen LogP contribution in [0.2, 0.25) is 0 Å². The second-order valence-corrected chi connectivity index (χ2v) is 3.58. The van der Waals surface area contributed by atoms with Crippen LogP contribution in [0.1, 0.15) is 12.5 Å². The molecule has 0 aromatic heterocycles. The summed E-state index contributed by atoms with van der Waals surface area (Å²) in [6.45, 7) is 2.54. The number of amidine groups is 1. The highest BCUT2D eigenvalue weighted by Gasteiger charge is 2.09. The summed E-state index contributed by atoms with van der Waals surface area (Å²) in [5, 5.41) is 13.7. The summed E-state index contributed by atoms with van der Waals surface area (Å²) in [7, 11) is 0. The number of oxime groups is 1. The molecular weight excluding hydrogens is 216 g/mol. The lowest BCUT2D eigenvalue weighted by molar-refractivity contribution is 0.318. The Morgan fingerprint density at radius 1 is 1.24 bits per heavy atom. The third kappa shape index (κ3) is 2.01. The van der Waals surface area contributed by atoms with Crippen molar-refractivity contribution in [2.24, 2.45) is 10.9 Å². The van der Waals surface area contributed by atoms with Gasteiger partial charge in [-0.05, 0) is 24.4 Å². The molecular formula is C13H14N2O2. The SMILES string of the molecule is CCOc1ccc(/C(N)=N/O)c2ccccc12. The van der Waals surface area contributed by atoms with E-state index in [0.29, 0.717) is 12.2 Å². The second-order valence-electron chi connectivity index (χ2n) is 3.58. The van der Waals surface area contributed by atoms with Gasteiger partial charge in [-0.2, -0.15) is 0 Å². The van der Waals surface area contributed by atoms with Gasteiger partial charge < -0.3 is 15.7 Å². The lowest BCUT2D eigenvalue weighted by Gasteiger charge is -2.10. The van der Waals surface area contributed by atoms with Crippen molar-refractivity contribution in [1.82, 2.24) is 0 Å². The van der Waals surface area contributed by atoms with Crippen LogP contribution in [-0.2, 0) is 0 Å². The maximum atomic E-state index is 8.75. The summed E-state index contributed by atoms with van der Waals surface area (Å²) >= 11 is 0. The summed E-state index contributed by atoms with van der Waals surface area (Å²) < 4.78 is 5.54. The van der Waals surface area contributed by atoms with Crippen LogP contribution in [0.5, 0.6) is 5.75 Å². The van der Waals surface area contributed by atoms with E-state index in [1.807, 2.05) is 37.3 Å². The first-order valence-corrected chi connectivity index (χ1v) is 5.40. The van der Waals surface area contributed by atoms with E-state index < -0.39 is 0 Å². The fourth-order valence-electron chi connectivity index (χ4n) is 1.83. The number of hydrogen-bond donors (Lipinski definition) is 2. The molecule has 0 aliphatic carbocycles. The van der Waals surface area contributed by atoms with Gasteiger partial charge >= 0.3 is 0 Å². The van der Waals surface area contributed by atoms with Gasteiger partial charge in [0, 0.05) is 10.9 Å². The van der Waals surface area contributed by atoms with Gasteiger partial charge in [-0.3, -0.25) is 0 Å². The van der Waals surface area contributed by atoms with Crippen LogP contribution < -0.4 is 10.5 Å². The molecule has 0 saturated carbocycles. The van der Waals surface area contributed by atoms with E-state index in [1.54, 1.807) is 6.07 Å². The molecule has 0 aliphatic rings. The number of ether oxygens (including phenoxy) is 1. The van der Waals surface area contributed by atoms with E-state index in [2.05, 4.69) is 5.16 Å². The molecule has 0 bridgehead atoms. The molecule has 0 spiro atoms. The molecule has 88 valence electrons. The first-order valence-electron chi connectivity index (χ1n) is 5.40. The number of fused-ring (bicyclic) bond motifs is 1. The van der Waals surface area contributed by atoms with Crippen LogP contribution in [-0.4, -0.2) is 17.6 Å². The molecule has 0 fully saturated rings. The monoisotopic (exact) mass is 230 g/mol. The van der Waals surface area contributed by atoms with Crippen LogP contribution in [0, 0.1) is 0 Å². The van der Waals surface area contributed by atoms with Crippen molar-refractivity contribution in [3.05, 3.63) is 42.0 Å². The van der Waals surface area contributed by atoms with Crippen molar-refractivity contribution in [2.45, 2.75) is 6.92 Å². The Balaban J connectivity index is 2.70. The van der Waals surface area contributed by atoms with Crippen molar-refractivity contribution in [3.8, 4) is 5.75 Å². The van der Waals surface area contributed by atoms with Gasteiger partial charge in [0.1, 0.15) is 5.75 Å². The maximum Gasteiger partial charge on any atom is 0.170 e. The third-order valence-corrected chi connectivity index (χ3v) is 2.57. The van der Waals surface area contributed by atoms with Crippen LogP contribution in [0.4, 0.5) is 0 Å². The normalized spacial score (nSPS) is 11.7. The Kier molecular flexibility index (Phi) is 3.14. The van der Waals surface area contributed by atoms with Crippen LogP contribution in [0.15, 0.2) is 41.6 Å². The smallest absolute Gasteiger partial charge is 0.170 e. The van der Waals surface area contributed by atoms with E-state index in [4.69, 9.17) is 15.7 Å². The zero-order chi connectivity index (χ0) is 12.3. The zero-order valence-corrected chi connectivity index (χ0v) is 9.55.